The highest BCUT2D eigenvalue weighted by atomic mass is 35.5. The van der Waals surface area contributed by atoms with E-state index in [-0.39, 0.29) is 18.2 Å². The Morgan fingerprint density at radius 2 is 2.16 bits per heavy atom. The van der Waals surface area contributed by atoms with Crippen LogP contribution in [-0.4, -0.2) is 42.5 Å². The molecule has 0 radical (unpaired) electrons. The van der Waals surface area contributed by atoms with E-state index in [4.69, 9.17) is 16.3 Å². The molecule has 1 aliphatic carbocycles. The van der Waals surface area contributed by atoms with Crippen molar-refractivity contribution in [3.63, 3.8) is 0 Å². The average Bonchev–Trinajstić information content (AvgIpc) is 2.54. The Labute approximate surface area is 155 Å². The quantitative estimate of drug-likeness (QED) is 0.773. The number of nitrogens with one attached hydrogen (secondary N) is 1. The number of aliphatic imine (C=N–C) groups is 1. The Morgan fingerprint density at radius 1 is 1.36 bits per heavy atom. The van der Waals surface area contributed by atoms with E-state index >= 15 is 0 Å². The zero-order valence-corrected chi connectivity index (χ0v) is 15.9. The second-order valence-electron chi connectivity index (χ2n) is 6.99. The van der Waals surface area contributed by atoms with Gasteiger partial charge in [0.1, 0.15) is 6.10 Å². The van der Waals surface area contributed by atoms with Gasteiger partial charge in [-0.05, 0) is 32.1 Å². The van der Waals surface area contributed by atoms with Crippen LogP contribution in [0.5, 0.6) is 0 Å². The molecular weight excluding hydrogens is 334 g/mol. The highest BCUT2D eigenvalue weighted by Gasteiger charge is 2.26. The van der Waals surface area contributed by atoms with Gasteiger partial charge in [0.05, 0.1) is 18.7 Å². The van der Waals surface area contributed by atoms with Crippen LogP contribution in [0.1, 0.15) is 26.7 Å². The first-order chi connectivity index (χ1) is 11.9. The fourth-order valence-electron chi connectivity index (χ4n) is 3.22. The molecule has 0 fully saturated rings. The number of ether oxygens (including phenoxy) is 1. The molecule has 0 aromatic heterocycles. The highest BCUT2D eigenvalue weighted by Crippen LogP contribution is 2.27. The summed E-state index contributed by atoms with van der Waals surface area (Å²) >= 11 is 6.19. The molecule has 0 amide bonds. The van der Waals surface area contributed by atoms with Crippen molar-refractivity contribution < 1.29 is 4.74 Å². The van der Waals surface area contributed by atoms with Crippen LogP contribution in [0.3, 0.4) is 0 Å². The molecule has 0 spiro atoms. The molecule has 0 aromatic rings. The zero-order valence-electron chi connectivity index (χ0n) is 15.1. The topological polar surface area (TPSA) is 36.9 Å². The molecule has 134 valence electrons. The summed E-state index contributed by atoms with van der Waals surface area (Å²) in [5, 5.41) is 4.41. The van der Waals surface area contributed by atoms with Crippen LogP contribution in [0.4, 0.5) is 0 Å². The molecule has 3 rings (SSSR count). The van der Waals surface area contributed by atoms with Gasteiger partial charge in [0.2, 0.25) is 0 Å². The van der Waals surface area contributed by atoms with Crippen LogP contribution in [0.25, 0.3) is 0 Å². The van der Waals surface area contributed by atoms with Gasteiger partial charge < -0.3 is 15.0 Å². The van der Waals surface area contributed by atoms with Gasteiger partial charge in [-0.15, -0.1) is 0 Å². The maximum atomic E-state index is 6.19. The van der Waals surface area contributed by atoms with E-state index in [0.717, 1.165) is 29.2 Å². The summed E-state index contributed by atoms with van der Waals surface area (Å²) in [6.07, 6.45) is 11.8. The van der Waals surface area contributed by atoms with Crippen LogP contribution >= 0.6 is 11.6 Å². The summed E-state index contributed by atoms with van der Waals surface area (Å²) in [5.41, 5.74) is 4.63. The molecule has 0 aromatic carbocycles. The number of allylic oxidation sites excluding steroid dienone is 5. The lowest BCUT2D eigenvalue weighted by Gasteiger charge is -2.34. The number of hydrogen-bond donors (Lipinski definition) is 1. The molecule has 2 aliphatic heterocycles. The minimum absolute atomic E-state index is 0.0410. The molecule has 3 aliphatic rings. The van der Waals surface area contributed by atoms with Crippen molar-refractivity contribution in [1.82, 2.24) is 10.2 Å². The van der Waals surface area contributed by atoms with E-state index in [0.29, 0.717) is 6.54 Å². The molecule has 2 heterocycles. The molecule has 2 bridgehead atoms. The molecule has 5 heteroatoms. The lowest BCUT2D eigenvalue weighted by atomic mass is 9.99. The Bertz CT molecular complexity index is 700. The number of halogens is 1. The molecule has 25 heavy (non-hydrogen) atoms. The van der Waals surface area contributed by atoms with E-state index in [1.807, 2.05) is 26.0 Å². The smallest absolute Gasteiger partial charge is 0.101 e. The van der Waals surface area contributed by atoms with Crippen molar-refractivity contribution in [1.29, 1.82) is 0 Å². The average molecular weight is 360 g/mol. The van der Waals surface area contributed by atoms with Gasteiger partial charge >= 0.3 is 0 Å². The first kappa shape index (κ1) is 18.0. The normalized spacial score (nSPS) is 29.3. The third-order valence-electron chi connectivity index (χ3n) is 4.46. The van der Waals surface area contributed by atoms with Crippen molar-refractivity contribution in [2.24, 2.45) is 4.99 Å². The maximum absolute atomic E-state index is 6.19. The van der Waals surface area contributed by atoms with Crippen LogP contribution in [-0.2, 0) is 4.74 Å². The van der Waals surface area contributed by atoms with Gasteiger partial charge in [-0.1, -0.05) is 29.8 Å². The number of rotatable bonds is 4. The fourth-order valence-corrected chi connectivity index (χ4v) is 3.41. The van der Waals surface area contributed by atoms with E-state index in [9.17, 15) is 0 Å². The van der Waals surface area contributed by atoms with Crippen LogP contribution in [0.2, 0.25) is 0 Å². The third kappa shape index (κ3) is 4.44. The SMILES string of the molecule is C=C1CN=C2C=CN(C)/C(=C(\NC3C=CC(Cl)=CC3OC(C)C)C1)C2. The van der Waals surface area contributed by atoms with Crippen LogP contribution < -0.4 is 5.32 Å². The van der Waals surface area contributed by atoms with Gasteiger partial charge in [0, 0.05) is 48.2 Å². The largest absolute Gasteiger partial charge is 0.378 e. The van der Waals surface area contributed by atoms with Gasteiger partial charge in [-0.2, -0.15) is 0 Å². The van der Waals surface area contributed by atoms with Crippen molar-refractivity contribution in [3.8, 4) is 0 Å². The predicted octanol–water partition coefficient (Wildman–Crippen LogP) is 3.89. The summed E-state index contributed by atoms with van der Waals surface area (Å²) < 4.78 is 6.06. The molecule has 1 N–H and O–H groups in total. The van der Waals surface area contributed by atoms with Crippen molar-refractivity contribution in [2.45, 2.75) is 44.9 Å². The van der Waals surface area contributed by atoms with Gasteiger partial charge in [-0.25, -0.2) is 0 Å². The summed E-state index contributed by atoms with van der Waals surface area (Å²) in [7, 11) is 2.07. The van der Waals surface area contributed by atoms with E-state index in [2.05, 4.69) is 47.2 Å². The Kier molecular flexibility index (Phi) is 5.50. The highest BCUT2D eigenvalue weighted by molar-refractivity contribution is 6.31. The van der Waals surface area contributed by atoms with Gasteiger partial charge in [-0.3, -0.25) is 4.99 Å². The Morgan fingerprint density at radius 3 is 2.92 bits per heavy atom. The minimum atomic E-state index is -0.0955. The molecule has 2 unspecified atom stereocenters. The Balaban J connectivity index is 1.88. The number of fused-ring (bicyclic) bond motifs is 2. The summed E-state index contributed by atoms with van der Waals surface area (Å²) in [6.45, 7) is 8.95. The number of hydrogen-bond acceptors (Lipinski definition) is 4. The summed E-state index contributed by atoms with van der Waals surface area (Å²) in [6, 6.07) is 0.0410. The van der Waals surface area contributed by atoms with Crippen molar-refractivity contribution in [2.75, 3.05) is 13.6 Å². The zero-order chi connectivity index (χ0) is 18.0. The molecule has 2 atom stereocenters. The standard InChI is InChI=1S/C20H26ClN3O/c1-13(2)25-20-10-15(21)5-6-17(20)23-18-9-14(3)12-22-16-7-8-24(4)19(18)11-16/h5-8,10,13,17,20,23H,3,9,11-12H2,1-2,4H3/b19-18-,22-16?. The summed E-state index contributed by atoms with van der Waals surface area (Å²) in [5.74, 6) is 0. The lowest BCUT2D eigenvalue weighted by Crippen LogP contribution is -2.42. The van der Waals surface area contributed by atoms with Crippen LogP contribution in [0, 0.1) is 0 Å². The van der Waals surface area contributed by atoms with E-state index in [1.54, 1.807) is 0 Å². The maximum Gasteiger partial charge on any atom is 0.101 e. The van der Waals surface area contributed by atoms with E-state index in [1.165, 1.54) is 11.4 Å². The number of nitrogens with zero attached hydrogens (tertiary/aromatic N) is 2. The molecule has 0 saturated heterocycles. The second kappa shape index (κ2) is 7.63. The minimum Gasteiger partial charge on any atom is -0.378 e. The fraction of sp³-hybridized carbons (Fsp3) is 0.450. The van der Waals surface area contributed by atoms with E-state index < -0.39 is 0 Å². The first-order valence-corrected chi connectivity index (χ1v) is 9.10. The third-order valence-corrected chi connectivity index (χ3v) is 4.71. The lowest BCUT2D eigenvalue weighted by molar-refractivity contribution is 0.0235. The predicted molar refractivity (Wildman–Crippen MR) is 105 cm³/mol. The van der Waals surface area contributed by atoms with Gasteiger partial charge in [0.25, 0.3) is 0 Å². The molecule has 0 saturated carbocycles. The second-order valence-corrected chi connectivity index (χ2v) is 7.43. The molecular formula is C20H26ClN3O. The van der Waals surface area contributed by atoms with Gasteiger partial charge in [0.15, 0.2) is 0 Å². The van der Waals surface area contributed by atoms with Crippen molar-refractivity contribution in [3.05, 3.63) is 59.1 Å². The van der Waals surface area contributed by atoms with Crippen molar-refractivity contribution >= 4 is 17.3 Å². The summed E-state index contributed by atoms with van der Waals surface area (Å²) in [4.78, 5) is 6.80. The van der Waals surface area contributed by atoms with Crippen LogP contribution in [0.15, 0.2) is 64.1 Å². The Hall–Kier alpha value is -1.78. The monoisotopic (exact) mass is 359 g/mol. The first-order valence-electron chi connectivity index (χ1n) is 8.73. The molecule has 4 nitrogen and oxygen atoms in total.